The normalized spacial score (nSPS) is 28.2. The highest BCUT2D eigenvalue weighted by Crippen LogP contribution is 2.37. The van der Waals surface area contributed by atoms with Crippen molar-refractivity contribution in [3.05, 3.63) is 24.3 Å². The number of aliphatic hydroxyl groups excluding tert-OH is 3. The van der Waals surface area contributed by atoms with E-state index in [9.17, 15) is 20.1 Å². The molecule has 1 aliphatic carbocycles. The molecule has 25 heavy (non-hydrogen) atoms. The molecule has 144 valence electrons. The summed E-state index contributed by atoms with van der Waals surface area (Å²) in [6, 6.07) is 0. The zero-order valence-electron chi connectivity index (χ0n) is 15.3. The van der Waals surface area contributed by atoms with Crippen molar-refractivity contribution >= 4 is 5.97 Å². The first-order valence-electron chi connectivity index (χ1n) is 9.55. The number of carbonyl (C=O) groups is 1. The maximum absolute atomic E-state index is 10.6. The van der Waals surface area contributed by atoms with Crippen LogP contribution in [0.15, 0.2) is 24.3 Å². The average Bonchev–Trinajstić information content (AvgIpc) is 2.82. The van der Waals surface area contributed by atoms with Crippen LogP contribution in [0.1, 0.15) is 64.7 Å². The van der Waals surface area contributed by atoms with E-state index in [1.165, 1.54) is 19.3 Å². The van der Waals surface area contributed by atoms with Gasteiger partial charge in [-0.2, -0.15) is 0 Å². The summed E-state index contributed by atoms with van der Waals surface area (Å²) in [4.78, 5) is 10.6. The van der Waals surface area contributed by atoms with Crippen LogP contribution in [0.25, 0.3) is 0 Å². The van der Waals surface area contributed by atoms with E-state index in [0.29, 0.717) is 25.7 Å². The predicted octanol–water partition coefficient (Wildman–Crippen LogP) is 3.04. The third-order valence-electron chi connectivity index (χ3n) is 4.92. The number of allylic oxidation sites excluding steroid dienone is 1. The van der Waals surface area contributed by atoms with Gasteiger partial charge in [0.05, 0.1) is 18.3 Å². The monoisotopic (exact) mass is 354 g/mol. The number of unbranched alkanes of at least 4 members (excludes halogenated alkanes) is 3. The van der Waals surface area contributed by atoms with Crippen molar-refractivity contribution < 1.29 is 25.2 Å². The topological polar surface area (TPSA) is 98.0 Å². The lowest BCUT2D eigenvalue weighted by Gasteiger charge is -2.20. The maximum Gasteiger partial charge on any atom is 0.303 e. The largest absolute Gasteiger partial charge is 0.481 e. The number of hydrogen-bond donors (Lipinski definition) is 4. The zero-order valence-corrected chi connectivity index (χ0v) is 15.3. The van der Waals surface area contributed by atoms with Crippen LogP contribution in [0.5, 0.6) is 0 Å². The van der Waals surface area contributed by atoms with Gasteiger partial charge in [-0.25, -0.2) is 0 Å². The van der Waals surface area contributed by atoms with Crippen LogP contribution in [0, 0.1) is 11.8 Å². The highest BCUT2D eigenvalue weighted by Gasteiger charge is 2.39. The molecule has 0 heterocycles. The van der Waals surface area contributed by atoms with Crippen LogP contribution >= 0.6 is 0 Å². The Morgan fingerprint density at radius 1 is 1.16 bits per heavy atom. The first-order chi connectivity index (χ1) is 12.0. The summed E-state index contributed by atoms with van der Waals surface area (Å²) in [6.07, 6.45) is 12.3. The smallest absolute Gasteiger partial charge is 0.303 e. The highest BCUT2D eigenvalue weighted by molar-refractivity contribution is 5.66. The lowest BCUT2D eigenvalue weighted by molar-refractivity contribution is -0.137. The van der Waals surface area contributed by atoms with Gasteiger partial charge in [-0.3, -0.25) is 4.79 Å². The SMILES string of the molecule is CCCCC/C=C\CC(O)/C=C/C1C(O)CC(O)C1CCCC(=O)O. The fourth-order valence-corrected chi connectivity index (χ4v) is 3.47. The lowest BCUT2D eigenvalue weighted by atomic mass is 9.88. The van der Waals surface area contributed by atoms with E-state index in [4.69, 9.17) is 5.11 Å². The summed E-state index contributed by atoms with van der Waals surface area (Å²) in [6.45, 7) is 2.17. The van der Waals surface area contributed by atoms with Gasteiger partial charge in [-0.1, -0.05) is 44.1 Å². The van der Waals surface area contributed by atoms with Gasteiger partial charge in [0, 0.05) is 18.8 Å². The number of carboxylic acid groups (broad SMARTS) is 1. The molecule has 1 saturated carbocycles. The molecule has 1 rings (SSSR count). The van der Waals surface area contributed by atoms with Crippen molar-refractivity contribution in [3.63, 3.8) is 0 Å². The highest BCUT2D eigenvalue weighted by atomic mass is 16.4. The molecule has 4 N–H and O–H groups in total. The fraction of sp³-hybridized carbons (Fsp3) is 0.750. The minimum absolute atomic E-state index is 0.0706. The van der Waals surface area contributed by atoms with E-state index < -0.39 is 24.3 Å². The minimum atomic E-state index is -0.846. The molecule has 0 spiro atoms. The maximum atomic E-state index is 10.6. The van der Waals surface area contributed by atoms with Gasteiger partial charge in [-0.15, -0.1) is 0 Å². The molecule has 0 saturated heterocycles. The molecule has 0 aromatic rings. The van der Waals surface area contributed by atoms with Gasteiger partial charge >= 0.3 is 5.97 Å². The van der Waals surface area contributed by atoms with Gasteiger partial charge in [0.2, 0.25) is 0 Å². The summed E-state index contributed by atoms with van der Waals surface area (Å²) in [5.41, 5.74) is 0. The predicted molar refractivity (Wildman–Crippen MR) is 98.1 cm³/mol. The molecule has 5 atom stereocenters. The Labute approximate surface area is 151 Å². The van der Waals surface area contributed by atoms with Crippen LogP contribution in [-0.2, 0) is 4.79 Å². The standard InChI is InChI=1S/C20H34O5/c1-2-3-4-5-6-7-9-15(21)12-13-17-16(10-8-11-20(24)25)18(22)14-19(17)23/h6-7,12-13,15-19,21-23H,2-5,8-11,14H2,1H3,(H,24,25)/b7-6-,13-12+. The summed E-state index contributed by atoms with van der Waals surface area (Å²) in [5, 5.41) is 39.0. The van der Waals surface area contributed by atoms with Crippen molar-refractivity contribution in [2.45, 2.75) is 83.0 Å². The molecule has 0 amide bonds. The molecular weight excluding hydrogens is 320 g/mol. The van der Waals surface area contributed by atoms with E-state index >= 15 is 0 Å². The van der Waals surface area contributed by atoms with Crippen molar-refractivity contribution in [3.8, 4) is 0 Å². The first kappa shape index (κ1) is 21.9. The Balaban J connectivity index is 2.44. The van der Waals surface area contributed by atoms with Crippen molar-refractivity contribution in [1.82, 2.24) is 0 Å². The Morgan fingerprint density at radius 2 is 1.92 bits per heavy atom. The van der Waals surface area contributed by atoms with Gasteiger partial charge in [-0.05, 0) is 38.0 Å². The van der Waals surface area contributed by atoms with Gasteiger partial charge in [0.1, 0.15) is 0 Å². The number of rotatable bonds is 12. The quantitative estimate of drug-likeness (QED) is 0.319. The minimum Gasteiger partial charge on any atom is -0.481 e. The first-order valence-corrected chi connectivity index (χ1v) is 9.55. The second-order valence-corrected chi connectivity index (χ2v) is 7.05. The molecule has 5 unspecified atom stereocenters. The van der Waals surface area contributed by atoms with E-state index in [2.05, 4.69) is 13.0 Å². The number of carboxylic acids is 1. The Hall–Kier alpha value is -1.17. The van der Waals surface area contributed by atoms with E-state index in [1.54, 1.807) is 12.2 Å². The molecule has 0 radical (unpaired) electrons. The second-order valence-electron chi connectivity index (χ2n) is 7.05. The molecule has 5 heteroatoms. The van der Waals surface area contributed by atoms with Crippen molar-refractivity contribution in [1.29, 1.82) is 0 Å². The third-order valence-corrected chi connectivity index (χ3v) is 4.92. The van der Waals surface area contributed by atoms with Crippen LogP contribution in [-0.4, -0.2) is 44.7 Å². The number of aliphatic carboxylic acids is 1. The summed E-state index contributed by atoms with van der Waals surface area (Å²) >= 11 is 0. The fourth-order valence-electron chi connectivity index (χ4n) is 3.47. The van der Waals surface area contributed by atoms with Crippen LogP contribution in [0.2, 0.25) is 0 Å². The van der Waals surface area contributed by atoms with Crippen molar-refractivity contribution in [2.24, 2.45) is 11.8 Å². The average molecular weight is 354 g/mol. The summed E-state index contributed by atoms with van der Waals surface area (Å²) in [5.74, 6) is -1.23. The Kier molecular flexibility index (Phi) is 10.7. The van der Waals surface area contributed by atoms with E-state index in [1.807, 2.05) is 6.08 Å². The van der Waals surface area contributed by atoms with Crippen molar-refractivity contribution in [2.75, 3.05) is 0 Å². The Morgan fingerprint density at radius 3 is 2.60 bits per heavy atom. The second kappa shape index (κ2) is 12.2. The summed E-state index contributed by atoms with van der Waals surface area (Å²) in [7, 11) is 0. The van der Waals surface area contributed by atoms with Gasteiger partial charge < -0.3 is 20.4 Å². The van der Waals surface area contributed by atoms with Gasteiger partial charge in [0.25, 0.3) is 0 Å². The molecule has 0 aromatic carbocycles. The van der Waals surface area contributed by atoms with Crippen LogP contribution in [0.4, 0.5) is 0 Å². The third kappa shape index (κ3) is 8.66. The van der Waals surface area contributed by atoms with Crippen LogP contribution in [0.3, 0.4) is 0 Å². The number of hydrogen-bond acceptors (Lipinski definition) is 4. The lowest BCUT2D eigenvalue weighted by Crippen LogP contribution is -2.21. The number of aliphatic hydroxyl groups is 3. The molecular formula is C20H34O5. The summed E-state index contributed by atoms with van der Waals surface area (Å²) < 4.78 is 0. The molecule has 0 aliphatic heterocycles. The molecule has 5 nitrogen and oxygen atoms in total. The van der Waals surface area contributed by atoms with Crippen LogP contribution < -0.4 is 0 Å². The molecule has 0 aromatic heterocycles. The Bertz CT molecular complexity index is 432. The van der Waals surface area contributed by atoms with E-state index in [0.717, 1.165) is 6.42 Å². The molecule has 1 fully saturated rings. The zero-order chi connectivity index (χ0) is 18.7. The molecule has 1 aliphatic rings. The molecule has 0 bridgehead atoms. The van der Waals surface area contributed by atoms with Gasteiger partial charge in [0.15, 0.2) is 0 Å². The van der Waals surface area contributed by atoms with E-state index in [-0.39, 0.29) is 18.3 Å².